The van der Waals surface area contributed by atoms with E-state index in [-0.39, 0.29) is 6.08 Å². The van der Waals surface area contributed by atoms with Gasteiger partial charge in [0, 0.05) is 12.5 Å². The highest BCUT2D eigenvalue weighted by molar-refractivity contribution is 7.86. The van der Waals surface area contributed by atoms with E-state index in [0.29, 0.717) is 0 Å². The van der Waals surface area contributed by atoms with Crippen LogP contribution in [0.25, 0.3) is 0 Å². The van der Waals surface area contributed by atoms with Gasteiger partial charge in [-0.1, -0.05) is 19.2 Å². The summed E-state index contributed by atoms with van der Waals surface area (Å²) in [5.41, 5.74) is 0. The van der Waals surface area contributed by atoms with Gasteiger partial charge in [-0.2, -0.15) is 30.7 Å². The summed E-state index contributed by atoms with van der Waals surface area (Å²) in [6, 6.07) is 0. The van der Waals surface area contributed by atoms with Gasteiger partial charge in [0.2, 0.25) is 0 Å². The third-order valence-electron chi connectivity index (χ3n) is 2.85. The first-order valence-electron chi connectivity index (χ1n) is 6.95. The lowest BCUT2D eigenvalue weighted by Crippen LogP contribution is -2.58. The van der Waals surface area contributed by atoms with Crippen LogP contribution in [0, 0.1) is 0 Å². The molecule has 8 nitrogen and oxygen atoms in total. The summed E-state index contributed by atoms with van der Waals surface area (Å²) >= 11 is 0. The van der Waals surface area contributed by atoms with Crippen LogP contribution in [-0.4, -0.2) is 61.3 Å². The maximum absolute atomic E-state index is 13.4. The number of hydrogen-bond acceptors (Lipinski definition) is 8. The van der Waals surface area contributed by atoms with Crippen LogP contribution in [-0.2, 0) is 33.9 Å². The van der Waals surface area contributed by atoms with Gasteiger partial charge in [-0.25, -0.2) is 18.0 Å². The average molecular weight is 461 g/mol. The first-order chi connectivity index (χ1) is 12.9. The van der Waals surface area contributed by atoms with E-state index >= 15 is 0 Å². The Kier molecular flexibility index (Phi) is 8.39. The summed E-state index contributed by atoms with van der Waals surface area (Å²) < 4.78 is 135. The Morgan fingerprint density at radius 3 is 1.93 bits per heavy atom. The van der Waals surface area contributed by atoms with Gasteiger partial charge in [-0.05, 0) is 0 Å². The van der Waals surface area contributed by atoms with E-state index in [0.717, 1.165) is 6.08 Å². The third kappa shape index (κ3) is 5.89. The fraction of sp³-hybridized carbons (Fsp3) is 0.538. The van der Waals surface area contributed by atoms with Crippen LogP contribution in [0.3, 0.4) is 0 Å². The second-order valence-electron chi connectivity index (χ2n) is 4.90. The summed E-state index contributed by atoms with van der Waals surface area (Å²) in [6.45, 7) is 2.72. The second-order valence-corrected chi connectivity index (χ2v) is 6.32. The fourth-order valence-electron chi connectivity index (χ4n) is 1.45. The first kappa shape index (κ1) is 26.8. The van der Waals surface area contributed by atoms with Gasteiger partial charge in [0.05, 0.1) is 6.61 Å². The van der Waals surface area contributed by atoms with Crippen LogP contribution in [0.4, 0.5) is 30.7 Å². The van der Waals surface area contributed by atoms with E-state index in [1.54, 1.807) is 0 Å². The molecule has 0 aromatic heterocycles. The number of carbonyl (C=O) groups excluding carboxylic acids is 2. The summed E-state index contributed by atoms with van der Waals surface area (Å²) in [6.07, 6.45) is -7.59. The summed E-state index contributed by atoms with van der Waals surface area (Å²) in [7, 11) is -6.92. The van der Waals surface area contributed by atoms with Crippen LogP contribution < -0.4 is 0 Å². The van der Waals surface area contributed by atoms with Crippen molar-refractivity contribution in [3.63, 3.8) is 0 Å². The van der Waals surface area contributed by atoms with Gasteiger partial charge < -0.3 is 18.8 Å². The van der Waals surface area contributed by atoms with Crippen LogP contribution in [0.1, 0.15) is 6.42 Å². The largest absolute Gasteiger partial charge is 0.743 e. The van der Waals surface area contributed by atoms with Crippen molar-refractivity contribution in [2.24, 2.45) is 0 Å². The van der Waals surface area contributed by atoms with Crippen molar-refractivity contribution < 1.29 is 67.5 Å². The zero-order valence-corrected chi connectivity index (χ0v) is 14.8. The Balaban J connectivity index is 5.89. The second kappa shape index (κ2) is 9.08. The topological polar surface area (TPSA) is 119 Å². The average Bonchev–Trinajstić information content (AvgIpc) is 2.55. The smallest absolute Gasteiger partial charge is 0.468 e. The summed E-state index contributed by atoms with van der Waals surface area (Å²) in [4.78, 5) is 22.9. The molecule has 0 spiro atoms. The molecule has 1 unspecified atom stereocenters. The minimum absolute atomic E-state index is 0.122. The lowest BCUT2D eigenvalue weighted by atomic mass is 10.2. The van der Waals surface area contributed by atoms with Crippen LogP contribution in [0.15, 0.2) is 25.3 Å². The molecule has 0 N–H and O–H groups in total. The molecular weight excluding hydrogens is 449 g/mol. The minimum atomic E-state index is -6.92. The molecule has 0 aliphatic heterocycles. The molecule has 16 heteroatoms. The minimum Gasteiger partial charge on any atom is -0.743 e. The number of halogens is 7. The van der Waals surface area contributed by atoms with Crippen molar-refractivity contribution in [1.29, 1.82) is 0 Å². The van der Waals surface area contributed by atoms with E-state index in [1.165, 1.54) is 0 Å². The van der Waals surface area contributed by atoms with Crippen molar-refractivity contribution in [2.75, 3.05) is 13.2 Å². The van der Waals surface area contributed by atoms with E-state index in [9.17, 15) is 53.3 Å². The predicted octanol–water partition coefficient (Wildman–Crippen LogP) is 1.88. The number of hydrogen-bond donors (Lipinski definition) is 0. The monoisotopic (exact) mass is 461 g/mol. The molecule has 29 heavy (non-hydrogen) atoms. The molecule has 0 aromatic rings. The van der Waals surface area contributed by atoms with Gasteiger partial charge in [-0.15, -0.1) is 0 Å². The molecule has 0 radical (unpaired) electrons. The van der Waals surface area contributed by atoms with Gasteiger partial charge in [0.25, 0.3) is 0 Å². The van der Waals surface area contributed by atoms with Crippen LogP contribution in [0.5, 0.6) is 0 Å². The van der Waals surface area contributed by atoms with E-state index < -0.39 is 64.8 Å². The van der Waals surface area contributed by atoms with Gasteiger partial charge in [0.1, 0.15) is 6.61 Å². The Morgan fingerprint density at radius 1 is 1.03 bits per heavy atom. The molecule has 0 saturated carbocycles. The van der Waals surface area contributed by atoms with Gasteiger partial charge in [0.15, 0.2) is 10.1 Å². The highest BCUT2D eigenvalue weighted by Crippen LogP contribution is 2.42. The molecule has 0 saturated heterocycles. The van der Waals surface area contributed by atoms with E-state index in [2.05, 4.69) is 27.4 Å². The number of esters is 2. The lowest BCUT2D eigenvalue weighted by molar-refractivity contribution is -0.356. The Labute approximate surface area is 158 Å². The zero-order valence-electron chi connectivity index (χ0n) is 14.0. The number of alkyl halides is 7. The molecule has 0 aliphatic carbocycles. The van der Waals surface area contributed by atoms with Crippen molar-refractivity contribution in [1.82, 2.24) is 0 Å². The molecule has 0 fully saturated rings. The zero-order chi connectivity index (χ0) is 23.3. The quantitative estimate of drug-likeness (QED) is 0.114. The molecule has 0 bridgehead atoms. The fourth-order valence-corrected chi connectivity index (χ4v) is 1.92. The van der Waals surface area contributed by atoms with Crippen molar-refractivity contribution in [3.8, 4) is 0 Å². The molecule has 168 valence electrons. The molecule has 0 aromatic carbocycles. The van der Waals surface area contributed by atoms with Crippen molar-refractivity contribution in [2.45, 2.75) is 29.6 Å². The number of carbonyl (C=O) groups is 2. The number of ether oxygens (including phenoxy) is 3. The van der Waals surface area contributed by atoms with E-state index in [4.69, 9.17) is 0 Å². The Bertz CT molecular complexity index is 747. The van der Waals surface area contributed by atoms with Crippen molar-refractivity contribution >= 4 is 22.1 Å². The molecule has 1 atom stereocenters. The molecule has 0 rings (SSSR count). The first-order valence-corrected chi connectivity index (χ1v) is 8.35. The lowest BCUT2D eigenvalue weighted by Gasteiger charge is -2.33. The van der Waals surface area contributed by atoms with Crippen LogP contribution in [0.2, 0.25) is 0 Å². The maximum atomic E-state index is 13.4. The van der Waals surface area contributed by atoms with Gasteiger partial charge in [-0.3, -0.25) is 0 Å². The maximum Gasteiger partial charge on any atom is 0.468 e. The molecule has 0 aliphatic rings. The Morgan fingerprint density at radius 2 is 1.55 bits per heavy atom. The normalized spacial score (nSPS) is 15.2. The van der Waals surface area contributed by atoms with Crippen LogP contribution >= 0.6 is 0 Å². The van der Waals surface area contributed by atoms with E-state index in [1.807, 2.05) is 0 Å². The highest BCUT2D eigenvalue weighted by atomic mass is 32.2. The summed E-state index contributed by atoms with van der Waals surface area (Å²) in [5, 5.41) is -6.22. The SMILES string of the molecule is C=CCOC(=O)C(OCCC(F)(F)C(F)(F)S(=O)(=O)[O-])(OC(=O)C=C)C(F)(F)F. The van der Waals surface area contributed by atoms with Crippen molar-refractivity contribution in [3.05, 3.63) is 25.3 Å². The molecular formula is C13H12F7O8S-. The third-order valence-corrected chi connectivity index (χ3v) is 3.77. The predicted molar refractivity (Wildman–Crippen MR) is 76.4 cm³/mol. The van der Waals surface area contributed by atoms with Gasteiger partial charge >= 0.3 is 35.1 Å². The molecule has 0 heterocycles. The summed E-state index contributed by atoms with van der Waals surface area (Å²) in [5.74, 6) is -14.8. The Hall–Kier alpha value is -2.20. The molecule has 0 amide bonds. The number of rotatable bonds is 11. The highest BCUT2D eigenvalue weighted by Gasteiger charge is 2.68. The standard InChI is InChI=1S/C13H13F7O8S/c1-3-6-26-9(22)11(12(16,17)18,28-8(21)4-2)27-7-5-10(14,15)13(19,20)29(23,24)25/h3-4H,1-2,5-7H2,(H,23,24,25)/p-1.